The largest absolute Gasteiger partial charge is 0.476 e. The van der Waals surface area contributed by atoms with Crippen molar-refractivity contribution in [2.24, 2.45) is 0 Å². The van der Waals surface area contributed by atoms with E-state index in [0.29, 0.717) is 30.8 Å². The van der Waals surface area contributed by atoms with Crippen LogP contribution in [0.5, 0.6) is 0 Å². The van der Waals surface area contributed by atoms with Crippen LogP contribution in [0.3, 0.4) is 0 Å². The van der Waals surface area contributed by atoms with Crippen molar-refractivity contribution in [3.05, 3.63) is 35.6 Å². The Morgan fingerprint density at radius 1 is 1.39 bits per heavy atom. The molecule has 0 amide bonds. The van der Waals surface area contributed by atoms with Gasteiger partial charge >= 0.3 is 5.97 Å². The van der Waals surface area contributed by atoms with Gasteiger partial charge in [-0.25, -0.2) is 14.8 Å². The zero-order valence-corrected chi connectivity index (χ0v) is 12.9. The fraction of sp³-hybridized carbons (Fsp3) is 0.333. The number of nitrogens with zero attached hydrogens (tertiary/aromatic N) is 4. The number of H-pyrrole nitrogens is 1. The Balaban J connectivity index is 0.000000753. The summed E-state index contributed by atoms with van der Waals surface area (Å²) in [6, 6.07) is 1.91. The molecule has 23 heavy (non-hydrogen) atoms. The molecular formula is C15H17N5O3. The van der Waals surface area contributed by atoms with E-state index in [4.69, 9.17) is 9.63 Å². The summed E-state index contributed by atoms with van der Waals surface area (Å²) in [7, 11) is 0. The molecule has 2 N–H and O–H groups in total. The van der Waals surface area contributed by atoms with E-state index in [-0.39, 0.29) is 5.69 Å². The molecule has 0 bridgehead atoms. The first kappa shape index (κ1) is 15.0. The fourth-order valence-electron chi connectivity index (χ4n) is 2.67. The van der Waals surface area contributed by atoms with Gasteiger partial charge in [0.15, 0.2) is 5.69 Å². The molecule has 1 aliphatic rings. The highest BCUT2D eigenvalue weighted by molar-refractivity contribution is 5.89. The van der Waals surface area contributed by atoms with Gasteiger partial charge < -0.3 is 19.5 Å². The lowest BCUT2D eigenvalue weighted by molar-refractivity contribution is 0.0684. The van der Waals surface area contributed by atoms with Gasteiger partial charge in [-0.3, -0.25) is 0 Å². The molecule has 1 aliphatic heterocycles. The third-order valence-electron chi connectivity index (χ3n) is 3.66. The predicted octanol–water partition coefficient (Wildman–Crippen LogP) is 2.23. The van der Waals surface area contributed by atoms with E-state index in [1.54, 1.807) is 6.20 Å². The number of rotatable bonds is 2. The summed E-state index contributed by atoms with van der Waals surface area (Å²) in [5.74, 6) is 0.351. The number of aromatic amines is 1. The van der Waals surface area contributed by atoms with E-state index in [0.717, 1.165) is 16.9 Å². The van der Waals surface area contributed by atoms with Crippen molar-refractivity contribution in [2.45, 2.75) is 26.8 Å². The summed E-state index contributed by atoms with van der Waals surface area (Å²) in [6.07, 6.45) is 3.90. The van der Waals surface area contributed by atoms with E-state index in [1.165, 1.54) is 6.33 Å². The zero-order chi connectivity index (χ0) is 16.4. The number of fused-ring (bicyclic) bond motifs is 2. The van der Waals surface area contributed by atoms with Gasteiger partial charge in [0.2, 0.25) is 0 Å². The third-order valence-corrected chi connectivity index (χ3v) is 3.66. The zero-order valence-electron chi connectivity index (χ0n) is 12.9. The van der Waals surface area contributed by atoms with Gasteiger partial charge in [0, 0.05) is 24.7 Å². The molecule has 4 rings (SSSR count). The Bertz CT molecular complexity index is 839. The molecular weight excluding hydrogens is 298 g/mol. The van der Waals surface area contributed by atoms with Crippen molar-refractivity contribution in [1.82, 2.24) is 20.1 Å². The van der Waals surface area contributed by atoms with Gasteiger partial charge in [0.25, 0.3) is 0 Å². The van der Waals surface area contributed by atoms with Gasteiger partial charge in [-0.05, 0) is 6.07 Å². The first-order valence-corrected chi connectivity index (χ1v) is 7.48. The molecule has 8 nitrogen and oxygen atoms in total. The van der Waals surface area contributed by atoms with Crippen LogP contribution in [0.2, 0.25) is 0 Å². The van der Waals surface area contributed by atoms with E-state index in [9.17, 15) is 4.79 Å². The molecule has 3 aromatic heterocycles. The lowest BCUT2D eigenvalue weighted by Gasteiger charge is -2.27. The molecule has 0 saturated heterocycles. The minimum absolute atomic E-state index is 0.0194. The number of nitrogens with one attached hydrogen (secondary N) is 1. The van der Waals surface area contributed by atoms with Gasteiger partial charge in [-0.15, -0.1) is 0 Å². The first-order chi connectivity index (χ1) is 11.2. The van der Waals surface area contributed by atoms with Crippen LogP contribution in [0, 0.1) is 0 Å². The lowest BCUT2D eigenvalue weighted by Crippen LogP contribution is -2.31. The van der Waals surface area contributed by atoms with Crippen LogP contribution in [0.4, 0.5) is 5.82 Å². The average Bonchev–Trinajstić information content (AvgIpc) is 3.22. The number of carboxylic acids is 1. The smallest absolute Gasteiger partial charge is 0.358 e. The fourth-order valence-corrected chi connectivity index (χ4v) is 2.67. The maximum absolute atomic E-state index is 11.2. The standard InChI is InChI=1S/C13H11N5O3.C2H6/c19-13(20)10-8-5-18(4-2-9(8)21-17-10)12-7-1-3-14-11(7)15-6-16-12;1-2/h1,3,6H,2,4-5H2,(H,19,20)(H,14,15,16);1-2H3. The summed E-state index contributed by atoms with van der Waals surface area (Å²) >= 11 is 0. The normalized spacial score (nSPS) is 13.4. The van der Waals surface area contributed by atoms with Crippen molar-refractivity contribution in [2.75, 3.05) is 11.4 Å². The molecule has 0 unspecified atom stereocenters. The summed E-state index contributed by atoms with van der Waals surface area (Å²) in [4.78, 5) is 24.7. The highest BCUT2D eigenvalue weighted by atomic mass is 16.5. The summed E-state index contributed by atoms with van der Waals surface area (Å²) in [5, 5.41) is 13.7. The van der Waals surface area contributed by atoms with E-state index in [2.05, 4.69) is 20.1 Å². The van der Waals surface area contributed by atoms with Crippen molar-refractivity contribution in [3.8, 4) is 0 Å². The number of anilines is 1. The molecule has 3 aromatic rings. The van der Waals surface area contributed by atoms with Crippen molar-refractivity contribution in [3.63, 3.8) is 0 Å². The van der Waals surface area contributed by atoms with Crippen LogP contribution in [0.15, 0.2) is 23.1 Å². The summed E-state index contributed by atoms with van der Waals surface area (Å²) < 4.78 is 5.11. The second kappa shape index (κ2) is 6.07. The minimum Gasteiger partial charge on any atom is -0.476 e. The molecule has 0 fully saturated rings. The molecule has 0 spiro atoms. The third kappa shape index (κ3) is 2.52. The number of hydrogen-bond donors (Lipinski definition) is 2. The van der Waals surface area contributed by atoms with Crippen LogP contribution in [-0.2, 0) is 13.0 Å². The van der Waals surface area contributed by atoms with Crippen LogP contribution < -0.4 is 4.90 Å². The number of aromatic carboxylic acids is 1. The Hall–Kier alpha value is -2.90. The molecule has 0 aliphatic carbocycles. The lowest BCUT2D eigenvalue weighted by atomic mass is 10.1. The first-order valence-electron chi connectivity index (χ1n) is 7.48. The van der Waals surface area contributed by atoms with Gasteiger partial charge in [-0.1, -0.05) is 19.0 Å². The van der Waals surface area contributed by atoms with Gasteiger partial charge in [-0.2, -0.15) is 0 Å². The van der Waals surface area contributed by atoms with Crippen LogP contribution in [-0.4, -0.2) is 37.7 Å². The summed E-state index contributed by atoms with van der Waals surface area (Å²) in [5.41, 5.74) is 1.36. The number of carbonyl (C=O) groups is 1. The molecule has 0 atom stereocenters. The topological polar surface area (TPSA) is 108 Å². The van der Waals surface area contributed by atoms with Crippen LogP contribution in [0.25, 0.3) is 11.0 Å². The Morgan fingerprint density at radius 2 is 2.22 bits per heavy atom. The molecule has 4 heterocycles. The second-order valence-electron chi connectivity index (χ2n) is 4.85. The Labute approximate surface area is 132 Å². The molecule has 120 valence electrons. The number of carboxylic acid groups (broad SMARTS) is 1. The van der Waals surface area contributed by atoms with E-state index >= 15 is 0 Å². The molecule has 0 saturated carbocycles. The predicted molar refractivity (Wildman–Crippen MR) is 83.5 cm³/mol. The van der Waals surface area contributed by atoms with Crippen molar-refractivity contribution >= 4 is 22.8 Å². The number of aromatic nitrogens is 4. The minimum atomic E-state index is -1.07. The molecule has 8 heteroatoms. The highest BCUT2D eigenvalue weighted by Gasteiger charge is 2.28. The van der Waals surface area contributed by atoms with Gasteiger partial charge in [0.1, 0.15) is 23.6 Å². The quantitative estimate of drug-likeness (QED) is 0.746. The Kier molecular flexibility index (Phi) is 3.96. The Morgan fingerprint density at radius 3 is 3.00 bits per heavy atom. The average molecular weight is 315 g/mol. The maximum atomic E-state index is 11.2. The summed E-state index contributed by atoms with van der Waals surface area (Å²) in [6.45, 7) is 5.11. The van der Waals surface area contributed by atoms with Crippen molar-refractivity contribution in [1.29, 1.82) is 0 Å². The number of hydrogen-bond acceptors (Lipinski definition) is 6. The van der Waals surface area contributed by atoms with Gasteiger partial charge in [0.05, 0.1) is 11.9 Å². The van der Waals surface area contributed by atoms with Crippen molar-refractivity contribution < 1.29 is 14.4 Å². The second-order valence-corrected chi connectivity index (χ2v) is 4.85. The molecule has 0 radical (unpaired) electrons. The van der Waals surface area contributed by atoms with E-state index < -0.39 is 5.97 Å². The monoisotopic (exact) mass is 315 g/mol. The maximum Gasteiger partial charge on any atom is 0.358 e. The highest BCUT2D eigenvalue weighted by Crippen LogP contribution is 2.29. The SMILES string of the molecule is CC.O=C(O)c1noc2c1CN(c1ncnc3[nH]ccc13)CC2. The molecule has 0 aromatic carbocycles. The van der Waals surface area contributed by atoms with Crippen LogP contribution >= 0.6 is 0 Å². The van der Waals surface area contributed by atoms with E-state index in [1.807, 2.05) is 24.8 Å². The van der Waals surface area contributed by atoms with Crippen LogP contribution in [0.1, 0.15) is 35.7 Å².